The minimum atomic E-state index is -1.60. The smallest absolute Gasteiger partial charge is 0.193 e. The fraction of sp³-hybridized carbons (Fsp3) is 1.00. The van der Waals surface area contributed by atoms with Crippen LogP contribution in [0.4, 0.5) is 0 Å². The lowest BCUT2D eigenvalue weighted by molar-refractivity contribution is 0.282. The molecule has 0 spiro atoms. The molecule has 0 saturated carbocycles. The van der Waals surface area contributed by atoms with Crippen LogP contribution in [0.25, 0.3) is 0 Å². The Kier molecular flexibility index (Phi) is 5.57. The van der Waals surface area contributed by atoms with Crippen molar-refractivity contribution in [3.05, 3.63) is 0 Å². The minimum Gasteiger partial charge on any atom is -0.417 e. The fourth-order valence-corrected chi connectivity index (χ4v) is 3.16. The van der Waals surface area contributed by atoms with Crippen LogP contribution >= 0.6 is 11.6 Å². The van der Waals surface area contributed by atoms with Gasteiger partial charge in [-0.25, -0.2) is 0 Å². The van der Waals surface area contributed by atoms with Gasteiger partial charge in [0, 0.05) is 12.5 Å². The SMILES string of the molecule is CCCCO[Si](C)(C)C(C)(C)CCl. The van der Waals surface area contributed by atoms with E-state index < -0.39 is 8.32 Å². The molecule has 0 bridgehead atoms. The number of unbranched alkanes of at least 4 members (excludes halogenated alkanes) is 1. The first-order valence-corrected chi connectivity index (χ1v) is 8.51. The molecule has 0 aromatic heterocycles. The Balaban J connectivity index is 4.06. The molecular formula is C10H23ClOSi. The fourth-order valence-electron chi connectivity index (χ4n) is 0.828. The van der Waals surface area contributed by atoms with Gasteiger partial charge in [0.1, 0.15) is 0 Å². The Morgan fingerprint density at radius 3 is 2.23 bits per heavy atom. The Bertz CT molecular complexity index is 146. The highest BCUT2D eigenvalue weighted by molar-refractivity contribution is 6.74. The van der Waals surface area contributed by atoms with E-state index in [9.17, 15) is 0 Å². The standard InChI is InChI=1S/C10H23ClOSi/c1-6-7-8-12-13(4,5)10(2,3)9-11/h6-9H2,1-5H3. The zero-order valence-electron chi connectivity index (χ0n) is 9.61. The lowest BCUT2D eigenvalue weighted by Crippen LogP contribution is -2.43. The number of alkyl halides is 1. The molecule has 0 aromatic carbocycles. The molecule has 0 rings (SSSR count). The molecule has 0 unspecified atom stereocenters. The van der Waals surface area contributed by atoms with E-state index in [1.54, 1.807) is 0 Å². The second kappa shape index (κ2) is 5.37. The predicted octanol–water partition coefficient (Wildman–Crippen LogP) is 4.03. The summed E-state index contributed by atoms with van der Waals surface area (Å²) in [5.41, 5.74) is 0. The number of halogens is 1. The van der Waals surface area contributed by atoms with Gasteiger partial charge >= 0.3 is 0 Å². The molecule has 3 heteroatoms. The van der Waals surface area contributed by atoms with E-state index in [1.165, 1.54) is 6.42 Å². The van der Waals surface area contributed by atoms with Crippen molar-refractivity contribution in [2.45, 2.75) is 51.7 Å². The van der Waals surface area contributed by atoms with Gasteiger partial charge in [0.15, 0.2) is 8.32 Å². The highest BCUT2D eigenvalue weighted by atomic mass is 35.5. The first kappa shape index (κ1) is 13.5. The van der Waals surface area contributed by atoms with Crippen LogP contribution in [0.5, 0.6) is 0 Å². The molecule has 13 heavy (non-hydrogen) atoms. The van der Waals surface area contributed by atoms with Gasteiger partial charge in [0.25, 0.3) is 0 Å². The van der Waals surface area contributed by atoms with Gasteiger partial charge in [-0.15, -0.1) is 11.6 Å². The van der Waals surface area contributed by atoms with Crippen molar-refractivity contribution < 1.29 is 4.43 Å². The number of hydrogen-bond donors (Lipinski definition) is 0. The zero-order valence-corrected chi connectivity index (χ0v) is 11.4. The van der Waals surface area contributed by atoms with Crippen LogP contribution in [0.2, 0.25) is 18.1 Å². The normalized spacial score (nSPS) is 13.4. The third kappa shape index (κ3) is 4.01. The highest BCUT2D eigenvalue weighted by Gasteiger charge is 2.40. The van der Waals surface area contributed by atoms with E-state index in [0.29, 0.717) is 5.88 Å². The summed E-state index contributed by atoms with van der Waals surface area (Å²) in [6.07, 6.45) is 2.36. The predicted molar refractivity (Wildman–Crippen MR) is 63.1 cm³/mol. The molecule has 0 amide bonds. The van der Waals surface area contributed by atoms with Gasteiger partial charge in [0.05, 0.1) is 0 Å². The average Bonchev–Trinajstić information content (AvgIpc) is 2.04. The average molecular weight is 223 g/mol. The number of rotatable bonds is 6. The maximum atomic E-state index is 5.98. The summed E-state index contributed by atoms with van der Waals surface area (Å²) in [5, 5.41) is 0.169. The van der Waals surface area contributed by atoms with Crippen molar-refractivity contribution in [1.82, 2.24) is 0 Å². The molecule has 0 radical (unpaired) electrons. The van der Waals surface area contributed by atoms with E-state index in [-0.39, 0.29) is 5.04 Å². The second-order valence-electron chi connectivity index (χ2n) is 4.73. The highest BCUT2D eigenvalue weighted by Crippen LogP contribution is 2.38. The monoisotopic (exact) mass is 222 g/mol. The maximum Gasteiger partial charge on any atom is 0.193 e. The molecule has 0 N–H and O–H groups in total. The van der Waals surface area contributed by atoms with Gasteiger partial charge in [-0.2, -0.15) is 0 Å². The van der Waals surface area contributed by atoms with Crippen LogP contribution in [-0.4, -0.2) is 20.8 Å². The molecule has 0 fully saturated rings. The molecule has 0 aromatic rings. The molecule has 0 heterocycles. The summed E-state index contributed by atoms with van der Waals surface area (Å²) in [7, 11) is -1.60. The molecule has 0 aliphatic rings. The minimum absolute atomic E-state index is 0.169. The molecular weight excluding hydrogens is 200 g/mol. The van der Waals surface area contributed by atoms with Crippen LogP contribution in [0.3, 0.4) is 0 Å². The largest absolute Gasteiger partial charge is 0.417 e. The van der Waals surface area contributed by atoms with E-state index in [4.69, 9.17) is 16.0 Å². The van der Waals surface area contributed by atoms with Gasteiger partial charge < -0.3 is 4.43 Å². The van der Waals surface area contributed by atoms with Gasteiger partial charge in [-0.05, 0) is 24.6 Å². The molecule has 0 aliphatic heterocycles. The Labute approximate surface area is 88.9 Å². The Hall–Kier alpha value is 0.467. The molecule has 80 valence electrons. The molecule has 0 aliphatic carbocycles. The van der Waals surface area contributed by atoms with Gasteiger partial charge in [0.2, 0.25) is 0 Å². The third-order valence-corrected chi connectivity index (χ3v) is 8.18. The van der Waals surface area contributed by atoms with Crippen molar-refractivity contribution in [2.75, 3.05) is 12.5 Å². The van der Waals surface area contributed by atoms with E-state index in [0.717, 1.165) is 13.0 Å². The Morgan fingerprint density at radius 1 is 1.31 bits per heavy atom. The topological polar surface area (TPSA) is 9.23 Å². The molecule has 0 saturated heterocycles. The number of hydrogen-bond acceptors (Lipinski definition) is 1. The van der Waals surface area contributed by atoms with E-state index in [2.05, 4.69) is 33.9 Å². The lowest BCUT2D eigenvalue weighted by atomic mass is 10.2. The van der Waals surface area contributed by atoms with Crippen molar-refractivity contribution >= 4 is 19.9 Å². The second-order valence-corrected chi connectivity index (χ2v) is 9.66. The van der Waals surface area contributed by atoms with Crippen LogP contribution in [-0.2, 0) is 4.43 Å². The molecule has 1 nitrogen and oxygen atoms in total. The van der Waals surface area contributed by atoms with Crippen molar-refractivity contribution in [2.24, 2.45) is 0 Å². The summed E-state index contributed by atoms with van der Waals surface area (Å²) in [4.78, 5) is 0. The summed E-state index contributed by atoms with van der Waals surface area (Å²) in [6, 6.07) is 0. The first-order valence-electron chi connectivity index (χ1n) is 5.07. The summed E-state index contributed by atoms with van der Waals surface area (Å²) in [6.45, 7) is 12.0. The van der Waals surface area contributed by atoms with Crippen molar-refractivity contribution in [3.8, 4) is 0 Å². The Morgan fingerprint density at radius 2 is 1.85 bits per heavy atom. The van der Waals surface area contributed by atoms with E-state index >= 15 is 0 Å². The first-order chi connectivity index (χ1) is 5.87. The lowest BCUT2D eigenvalue weighted by Gasteiger charge is -2.37. The van der Waals surface area contributed by atoms with Crippen LogP contribution in [0, 0.1) is 0 Å². The third-order valence-electron chi connectivity index (χ3n) is 2.92. The van der Waals surface area contributed by atoms with Crippen molar-refractivity contribution in [3.63, 3.8) is 0 Å². The van der Waals surface area contributed by atoms with Crippen LogP contribution < -0.4 is 0 Å². The summed E-state index contributed by atoms with van der Waals surface area (Å²) < 4.78 is 5.98. The summed E-state index contributed by atoms with van der Waals surface area (Å²) in [5.74, 6) is 0.693. The van der Waals surface area contributed by atoms with Crippen LogP contribution in [0.1, 0.15) is 33.6 Å². The molecule has 0 atom stereocenters. The quantitative estimate of drug-likeness (QED) is 0.375. The van der Waals surface area contributed by atoms with Gasteiger partial charge in [-0.1, -0.05) is 27.2 Å². The summed E-state index contributed by atoms with van der Waals surface area (Å²) >= 11 is 5.95. The van der Waals surface area contributed by atoms with Crippen LogP contribution in [0.15, 0.2) is 0 Å². The zero-order chi connectivity index (χ0) is 10.5. The maximum absolute atomic E-state index is 5.98. The van der Waals surface area contributed by atoms with Crippen molar-refractivity contribution in [1.29, 1.82) is 0 Å². The van der Waals surface area contributed by atoms with E-state index in [1.807, 2.05) is 0 Å². The van der Waals surface area contributed by atoms with Gasteiger partial charge in [-0.3, -0.25) is 0 Å².